The zero-order valence-electron chi connectivity index (χ0n) is 15.7. The van der Waals surface area contributed by atoms with Gasteiger partial charge < -0.3 is 4.98 Å². The van der Waals surface area contributed by atoms with Crippen molar-refractivity contribution >= 4 is 33.5 Å². The van der Waals surface area contributed by atoms with Crippen LogP contribution in [0.5, 0.6) is 0 Å². The van der Waals surface area contributed by atoms with Crippen molar-refractivity contribution in [1.29, 1.82) is 0 Å². The van der Waals surface area contributed by atoms with Gasteiger partial charge in [0.15, 0.2) is 5.65 Å². The third-order valence-corrected chi connectivity index (χ3v) is 5.23. The van der Waals surface area contributed by atoms with Gasteiger partial charge in [0, 0.05) is 16.6 Å². The Labute approximate surface area is 169 Å². The lowest BCUT2D eigenvalue weighted by atomic mass is 10.1. The van der Waals surface area contributed by atoms with Crippen LogP contribution in [0.2, 0.25) is 5.02 Å². The van der Waals surface area contributed by atoms with Crippen LogP contribution in [0, 0.1) is 6.92 Å². The van der Waals surface area contributed by atoms with Crippen molar-refractivity contribution in [3.05, 3.63) is 75.8 Å². The molecular weight excluding hydrogens is 390 g/mol. The summed E-state index contributed by atoms with van der Waals surface area (Å²) in [5.41, 5.74) is 3.44. The molecule has 8 nitrogen and oxygen atoms in total. The lowest BCUT2D eigenvalue weighted by Crippen LogP contribution is -2.12. The first-order chi connectivity index (χ1) is 14.0. The Bertz CT molecular complexity index is 1420. The maximum absolute atomic E-state index is 12.2. The molecule has 4 heterocycles. The number of aryl methyl sites for hydroxylation is 1. The predicted octanol–water partition coefficient (Wildman–Crippen LogP) is 3.42. The van der Waals surface area contributed by atoms with Gasteiger partial charge in [0.05, 0.1) is 41.2 Å². The van der Waals surface area contributed by atoms with E-state index in [1.165, 1.54) is 6.33 Å². The predicted molar refractivity (Wildman–Crippen MR) is 111 cm³/mol. The highest BCUT2D eigenvalue weighted by atomic mass is 35.5. The first kappa shape index (κ1) is 17.6. The summed E-state index contributed by atoms with van der Waals surface area (Å²) in [7, 11) is 0. The van der Waals surface area contributed by atoms with E-state index >= 15 is 0 Å². The average Bonchev–Trinajstić information content (AvgIpc) is 3.27. The quantitative estimate of drug-likeness (QED) is 0.496. The number of halogens is 1. The fourth-order valence-electron chi connectivity index (χ4n) is 3.63. The average molecular weight is 406 g/mol. The van der Waals surface area contributed by atoms with Gasteiger partial charge in [0.1, 0.15) is 5.39 Å². The van der Waals surface area contributed by atoms with Crippen molar-refractivity contribution < 1.29 is 0 Å². The van der Waals surface area contributed by atoms with E-state index in [0.29, 0.717) is 21.7 Å². The van der Waals surface area contributed by atoms with Crippen molar-refractivity contribution in [2.24, 2.45) is 0 Å². The number of benzene rings is 1. The van der Waals surface area contributed by atoms with Crippen LogP contribution in [-0.2, 0) is 0 Å². The van der Waals surface area contributed by atoms with Crippen LogP contribution in [0.1, 0.15) is 24.4 Å². The number of nitrogens with zero attached hydrogens (tertiary/aromatic N) is 6. The molecule has 1 atom stereocenters. The molecule has 5 aromatic rings. The van der Waals surface area contributed by atoms with Crippen LogP contribution >= 0.6 is 11.6 Å². The summed E-state index contributed by atoms with van der Waals surface area (Å²) in [5.74, 6) is 0. The van der Waals surface area contributed by atoms with Crippen molar-refractivity contribution in [1.82, 2.24) is 34.5 Å². The normalized spacial score (nSPS) is 12.7. The number of fused-ring (bicyclic) bond motifs is 2. The molecule has 0 aliphatic rings. The van der Waals surface area contributed by atoms with Gasteiger partial charge in [-0.2, -0.15) is 10.2 Å². The summed E-state index contributed by atoms with van der Waals surface area (Å²) in [5, 5.41) is 11.5. The van der Waals surface area contributed by atoms with Gasteiger partial charge >= 0.3 is 0 Å². The van der Waals surface area contributed by atoms with E-state index in [1.807, 2.05) is 41.9 Å². The number of pyridine rings is 1. The van der Waals surface area contributed by atoms with Gasteiger partial charge in [0.2, 0.25) is 0 Å². The fourth-order valence-corrected chi connectivity index (χ4v) is 3.80. The Morgan fingerprint density at radius 2 is 2.07 bits per heavy atom. The summed E-state index contributed by atoms with van der Waals surface area (Å²) < 4.78 is 3.56. The van der Waals surface area contributed by atoms with Crippen LogP contribution in [0.4, 0.5) is 0 Å². The lowest BCUT2D eigenvalue weighted by Gasteiger charge is -2.11. The van der Waals surface area contributed by atoms with Gasteiger partial charge in [0.25, 0.3) is 5.56 Å². The van der Waals surface area contributed by atoms with E-state index in [-0.39, 0.29) is 11.6 Å². The zero-order valence-corrected chi connectivity index (χ0v) is 16.4. The van der Waals surface area contributed by atoms with E-state index in [9.17, 15) is 4.79 Å². The molecule has 1 unspecified atom stereocenters. The minimum Gasteiger partial charge on any atom is -0.312 e. The molecule has 0 spiro atoms. The highest BCUT2D eigenvalue weighted by molar-refractivity contribution is 6.31. The van der Waals surface area contributed by atoms with Crippen LogP contribution in [0.25, 0.3) is 27.6 Å². The van der Waals surface area contributed by atoms with Gasteiger partial charge in [-0.25, -0.2) is 14.3 Å². The van der Waals surface area contributed by atoms with E-state index < -0.39 is 0 Å². The molecule has 1 aromatic carbocycles. The van der Waals surface area contributed by atoms with Crippen LogP contribution in [0.15, 0.2) is 53.8 Å². The molecule has 4 aromatic heterocycles. The SMILES string of the molecule is Cc1nn(C(C)c2nn(-c3cccnc3)c3cc(Cl)ccc23)c2nc[nH]c(=O)c12. The van der Waals surface area contributed by atoms with Gasteiger partial charge in [-0.1, -0.05) is 11.6 Å². The Kier molecular flexibility index (Phi) is 3.95. The first-order valence-corrected chi connectivity index (χ1v) is 9.43. The Balaban J connectivity index is 1.76. The number of aromatic nitrogens is 7. The summed E-state index contributed by atoms with van der Waals surface area (Å²) in [4.78, 5) is 23.4. The van der Waals surface area contributed by atoms with Crippen molar-refractivity contribution in [3.8, 4) is 5.69 Å². The molecular formula is C20H16ClN7O. The second-order valence-electron chi connectivity index (χ2n) is 6.81. The maximum atomic E-state index is 12.2. The zero-order chi connectivity index (χ0) is 20.1. The van der Waals surface area contributed by atoms with Gasteiger partial charge in [-0.3, -0.25) is 9.78 Å². The van der Waals surface area contributed by atoms with Crippen LogP contribution < -0.4 is 5.56 Å². The number of hydrogen-bond donors (Lipinski definition) is 1. The van der Waals surface area contributed by atoms with E-state index in [0.717, 1.165) is 22.3 Å². The third kappa shape index (κ3) is 2.72. The lowest BCUT2D eigenvalue weighted by molar-refractivity contribution is 0.558. The van der Waals surface area contributed by atoms with Crippen LogP contribution in [0.3, 0.4) is 0 Å². The molecule has 0 aliphatic heterocycles. The standard InChI is InChI=1S/C20H16ClN7O/c1-11-17-19(23-10-24-20(17)29)27(25-11)12(2)18-15-6-5-13(21)8-16(15)28(26-18)14-4-3-7-22-9-14/h3-10,12H,1-2H3,(H,23,24,29). The Morgan fingerprint density at radius 1 is 1.21 bits per heavy atom. The second-order valence-corrected chi connectivity index (χ2v) is 7.24. The molecule has 0 saturated heterocycles. The number of nitrogens with one attached hydrogen (secondary N) is 1. The van der Waals surface area contributed by atoms with E-state index in [2.05, 4.69) is 20.1 Å². The first-order valence-electron chi connectivity index (χ1n) is 9.05. The number of rotatable bonds is 3. The summed E-state index contributed by atoms with van der Waals surface area (Å²) in [6.45, 7) is 3.79. The molecule has 9 heteroatoms. The highest BCUT2D eigenvalue weighted by Gasteiger charge is 2.23. The van der Waals surface area contributed by atoms with Gasteiger partial charge in [-0.15, -0.1) is 0 Å². The minimum absolute atomic E-state index is 0.205. The van der Waals surface area contributed by atoms with Gasteiger partial charge in [-0.05, 0) is 44.2 Å². The smallest absolute Gasteiger partial charge is 0.262 e. The molecule has 0 bridgehead atoms. The number of hydrogen-bond acceptors (Lipinski definition) is 5. The molecule has 29 heavy (non-hydrogen) atoms. The largest absolute Gasteiger partial charge is 0.312 e. The Morgan fingerprint density at radius 3 is 2.86 bits per heavy atom. The minimum atomic E-state index is -0.262. The third-order valence-electron chi connectivity index (χ3n) is 4.99. The van der Waals surface area contributed by atoms with E-state index in [4.69, 9.17) is 16.7 Å². The van der Waals surface area contributed by atoms with E-state index in [1.54, 1.807) is 24.0 Å². The molecule has 0 fully saturated rings. The number of aromatic amines is 1. The molecule has 144 valence electrons. The monoisotopic (exact) mass is 405 g/mol. The van der Waals surface area contributed by atoms with Crippen molar-refractivity contribution in [2.75, 3.05) is 0 Å². The highest BCUT2D eigenvalue weighted by Crippen LogP contribution is 2.31. The summed E-state index contributed by atoms with van der Waals surface area (Å²) >= 11 is 6.26. The Hall–Kier alpha value is -3.52. The molecule has 0 radical (unpaired) electrons. The molecule has 5 rings (SSSR count). The molecule has 0 aliphatic carbocycles. The topological polar surface area (TPSA) is 94.3 Å². The van der Waals surface area contributed by atoms with Crippen molar-refractivity contribution in [2.45, 2.75) is 19.9 Å². The molecule has 0 saturated carbocycles. The summed E-state index contributed by atoms with van der Waals surface area (Å²) in [6, 6.07) is 9.19. The maximum Gasteiger partial charge on any atom is 0.262 e. The molecule has 0 amide bonds. The second kappa shape index (κ2) is 6.52. The number of H-pyrrole nitrogens is 1. The fraction of sp³-hybridized carbons (Fsp3) is 0.150. The molecule has 1 N–H and O–H groups in total. The van der Waals surface area contributed by atoms with Crippen LogP contribution in [-0.4, -0.2) is 34.5 Å². The summed E-state index contributed by atoms with van der Waals surface area (Å²) in [6.07, 6.45) is 4.85. The van der Waals surface area contributed by atoms with Crippen molar-refractivity contribution in [3.63, 3.8) is 0 Å².